The van der Waals surface area contributed by atoms with Gasteiger partial charge < -0.3 is 19.3 Å². The van der Waals surface area contributed by atoms with Gasteiger partial charge in [-0.2, -0.15) is 0 Å². The third kappa shape index (κ3) is 3.74. The minimum Gasteiger partial charge on any atom is -0.504 e. The fourth-order valence-electron chi connectivity index (χ4n) is 2.20. The molecule has 130 valence electrons. The maximum Gasteiger partial charge on any atom is 0.338 e. The topological polar surface area (TPSA) is 116 Å². The van der Waals surface area contributed by atoms with Crippen molar-refractivity contribution >= 4 is 28.7 Å². The van der Waals surface area contributed by atoms with Crippen molar-refractivity contribution in [2.24, 2.45) is 0 Å². The Balaban J connectivity index is 2.94. The monoisotopic (exact) mass is 346 g/mol. The molecule has 2 aromatic carbocycles. The van der Waals surface area contributed by atoms with E-state index in [0.29, 0.717) is 0 Å². The van der Waals surface area contributed by atoms with Crippen LogP contribution in [0.4, 0.5) is 0 Å². The molecule has 0 bridgehead atoms. The van der Waals surface area contributed by atoms with Crippen LogP contribution in [0.3, 0.4) is 0 Å². The van der Waals surface area contributed by atoms with Gasteiger partial charge in [-0.3, -0.25) is 14.4 Å². The van der Waals surface area contributed by atoms with Crippen LogP contribution in [-0.4, -0.2) is 30.1 Å². The second kappa shape index (κ2) is 7.00. The largest absolute Gasteiger partial charge is 0.504 e. The van der Waals surface area contributed by atoms with Gasteiger partial charge in [-0.05, 0) is 23.6 Å². The van der Waals surface area contributed by atoms with Crippen molar-refractivity contribution in [1.29, 1.82) is 0 Å². The average molecular weight is 346 g/mol. The summed E-state index contributed by atoms with van der Waals surface area (Å²) < 4.78 is 14.6. The standard InChI is InChI=1S/C17H14O8/c1-8(18)24-13-5-4-10-6-11(17(22)23-3)7-12(20)15(21)14(10)16(13)25-9(2)19/h4-7H,1-3H3,(H,20,21). The van der Waals surface area contributed by atoms with Crippen molar-refractivity contribution in [2.75, 3.05) is 7.11 Å². The van der Waals surface area contributed by atoms with Gasteiger partial charge in [0.15, 0.2) is 17.2 Å². The van der Waals surface area contributed by atoms with Gasteiger partial charge >= 0.3 is 17.9 Å². The minimum atomic E-state index is -0.907. The number of carbonyl (C=O) groups is 3. The third-order valence-corrected chi connectivity index (χ3v) is 3.14. The lowest BCUT2D eigenvalue weighted by Crippen LogP contribution is -2.10. The Morgan fingerprint density at radius 2 is 1.64 bits per heavy atom. The van der Waals surface area contributed by atoms with E-state index in [4.69, 9.17) is 9.47 Å². The van der Waals surface area contributed by atoms with E-state index in [1.165, 1.54) is 18.2 Å². The number of benzene rings is 1. The summed E-state index contributed by atoms with van der Waals surface area (Å²) in [5, 5.41) is 9.92. The molecule has 0 spiro atoms. The van der Waals surface area contributed by atoms with Gasteiger partial charge in [0.25, 0.3) is 0 Å². The molecule has 2 aromatic rings. The van der Waals surface area contributed by atoms with Crippen LogP contribution in [0, 0.1) is 0 Å². The van der Waals surface area contributed by atoms with E-state index in [1.54, 1.807) is 0 Å². The summed E-state index contributed by atoms with van der Waals surface area (Å²) in [6.07, 6.45) is 0. The Labute approximate surface area is 141 Å². The molecule has 0 aliphatic rings. The molecule has 1 N–H and O–H groups in total. The van der Waals surface area contributed by atoms with E-state index in [2.05, 4.69) is 4.74 Å². The van der Waals surface area contributed by atoms with Gasteiger partial charge in [0.05, 0.1) is 18.1 Å². The lowest BCUT2D eigenvalue weighted by Gasteiger charge is -2.10. The van der Waals surface area contributed by atoms with E-state index in [-0.39, 0.29) is 27.8 Å². The number of esters is 3. The van der Waals surface area contributed by atoms with Crippen LogP contribution < -0.4 is 14.9 Å². The molecule has 8 heteroatoms. The van der Waals surface area contributed by atoms with E-state index >= 15 is 0 Å². The van der Waals surface area contributed by atoms with E-state index < -0.39 is 29.1 Å². The van der Waals surface area contributed by atoms with Crippen molar-refractivity contribution in [2.45, 2.75) is 13.8 Å². The minimum absolute atomic E-state index is 0.0823. The number of rotatable bonds is 3. The molecule has 0 aliphatic carbocycles. The zero-order valence-electron chi connectivity index (χ0n) is 13.6. The Kier molecular flexibility index (Phi) is 5.02. The van der Waals surface area contributed by atoms with Crippen LogP contribution in [0.15, 0.2) is 29.1 Å². The molecular weight excluding hydrogens is 332 g/mol. The third-order valence-electron chi connectivity index (χ3n) is 3.14. The van der Waals surface area contributed by atoms with Crippen LogP contribution in [0.1, 0.15) is 24.2 Å². The van der Waals surface area contributed by atoms with Gasteiger partial charge in [-0.25, -0.2) is 4.79 Å². The predicted octanol–water partition coefficient (Wildman–Crippen LogP) is 1.54. The van der Waals surface area contributed by atoms with Crippen molar-refractivity contribution in [1.82, 2.24) is 0 Å². The molecule has 0 amide bonds. The summed E-state index contributed by atoms with van der Waals surface area (Å²) >= 11 is 0. The number of hydrogen-bond donors (Lipinski definition) is 1. The number of hydrogen-bond acceptors (Lipinski definition) is 8. The summed E-state index contributed by atoms with van der Waals surface area (Å²) in [7, 11) is 1.15. The van der Waals surface area contributed by atoms with Crippen molar-refractivity contribution in [3.8, 4) is 17.2 Å². The Bertz CT molecular complexity index is 945. The highest BCUT2D eigenvalue weighted by Crippen LogP contribution is 2.35. The first kappa shape index (κ1) is 17.9. The number of methoxy groups -OCH3 is 1. The molecule has 0 aliphatic heterocycles. The molecule has 0 aromatic heterocycles. The maximum atomic E-state index is 12.5. The normalized spacial score (nSPS) is 10.2. The molecule has 0 radical (unpaired) electrons. The fraction of sp³-hybridized carbons (Fsp3) is 0.176. The molecule has 0 heterocycles. The first-order valence-electron chi connectivity index (χ1n) is 7.03. The highest BCUT2D eigenvalue weighted by Gasteiger charge is 2.19. The van der Waals surface area contributed by atoms with Gasteiger partial charge in [0.2, 0.25) is 5.43 Å². The molecule has 25 heavy (non-hydrogen) atoms. The highest BCUT2D eigenvalue weighted by atomic mass is 16.6. The second-order valence-corrected chi connectivity index (χ2v) is 4.99. The van der Waals surface area contributed by atoms with E-state index in [0.717, 1.165) is 27.0 Å². The fourth-order valence-corrected chi connectivity index (χ4v) is 2.20. The van der Waals surface area contributed by atoms with Gasteiger partial charge in [0, 0.05) is 13.8 Å². The Morgan fingerprint density at radius 3 is 2.20 bits per heavy atom. The van der Waals surface area contributed by atoms with Crippen LogP contribution in [0.25, 0.3) is 10.8 Å². The van der Waals surface area contributed by atoms with Gasteiger partial charge in [-0.15, -0.1) is 0 Å². The first-order valence-corrected chi connectivity index (χ1v) is 7.03. The molecule has 0 atom stereocenters. The van der Waals surface area contributed by atoms with Gasteiger partial charge in [0.1, 0.15) is 0 Å². The Morgan fingerprint density at radius 1 is 1.00 bits per heavy atom. The molecule has 0 fully saturated rings. The van der Waals surface area contributed by atoms with Crippen molar-refractivity contribution in [3.63, 3.8) is 0 Å². The zero-order valence-corrected chi connectivity index (χ0v) is 13.6. The molecule has 0 saturated heterocycles. The van der Waals surface area contributed by atoms with Crippen LogP contribution in [0.5, 0.6) is 17.2 Å². The van der Waals surface area contributed by atoms with Crippen molar-refractivity contribution in [3.05, 3.63) is 40.1 Å². The lowest BCUT2D eigenvalue weighted by molar-refractivity contribution is -0.134. The summed E-state index contributed by atoms with van der Waals surface area (Å²) in [6, 6.07) is 4.91. The molecule has 8 nitrogen and oxygen atoms in total. The Hall–Kier alpha value is -3.42. The van der Waals surface area contributed by atoms with E-state index in [1.807, 2.05) is 0 Å². The maximum absolute atomic E-state index is 12.5. The van der Waals surface area contributed by atoms with Crippen molar-refractivity contribution < 1.29 is 33.7 Å². The zero-order chi connectivity index (χ0) is 18.7. The molecule has 2 rings (SSSR count). The summed E-state index contributed by atoms with van der Waals surface area (Å²) in [6.45, 7) is 2.24. The van der Waals surface area contributed by atoms with Crippen LogP contribution >= 0.6 is 0 Å². The van der Waals surface area contributed by atoms with Crippen LogP contribution in [0.2, 0.25) is 0 Å². The van der Waals surface area contributed by atoms with E-state index in [9.17, 15) is 24.3 Å². The highest BCUT2D eigenvalue weighted by molar-refractivity contribution is 5.98. The van der Waals surface area contributed by atoms with Gasteiger partial charge in [-0.1, -0.05) is 6.07 Å². The quantitative estimate of drug-likeness (QED) is 0.657. The molecular formula is C17H14O8. The molecule has 0 saturated carbocycles. The first-order chi connectivity index (χ1) is 11.7. The molecule has 0 unspecified atom stereocenters. The number of aromatic hydroxyl groups is 1. The average Bonchev–Trinajstić information content (AvgIpc) is 2.66. The summed E-state index contributed by atoms with van der Waals surface area (Å²) in [4.78, 5) is 46.9. The number of ether oxygens (including phenoxy) is 3. The SMILES string of the molecule is COC(=O)c1cc(O)c(=O)c2c(OC(C)=O)c(OC(C)=O)ccc2c1. The lowest BCUT2D eigenvalue weighted by atomic mass is 10.1. The number of carbonyl (C=O) groups excluding carboxylic acids is 3. The smallest absolute Gasteiger partial charge is 0.338 e. The predicted molar refractivity (Wildman–Crippen MR) is 85.8 cm³/mol. The van der Waals surface area contributed by atoms with Crippen LogP contribution in [-0.2, 0) is 14.3 Å². The number of fused-ring (bicyclic) bond motifs is 1. The summed E-state index contributed by atoms with van der Waals surface area (Å²) in [5.41, 5.74) is -0.989. The second-order valence-electron chi connectivity index (χ2n) is 4.99. The summed E-state index contributed by atoms with van der Waals surface area (Å²) in [5.74, 6) is -3.49.